The van der Waals surface area contributed by atoms with Crippen molar-refractivity contribution >= 4 is 23.4 Å². The first-order valence-electron chi connectivity index (χ1n) is 10.9. The summed E-state index contributed by atoms with van der Waals surface area (Å²) in [5.74, 6) is -0.304. The summed E-state index contributed by atoms with van der Waals surface area (Å²) in [6.45, 7) is 5.48. The zero-order valence-electron chi connectivity index (χ0n) is 18.9. The number of anilines is 1. The molecule has 3 rings (SSSR count). The number of carbonyl (C=O) groups excluding carboxylic acids is 3. The highest BCUT2D eigenvalue weighted by molar-refractivity contribution is 6.01. The molecule has 0 bridgehead atoms. The summed E-state index contributed by atoms with van der Waals surface area (Å²) in [6.07, 6.45) is 2.23. The molecule has 8 nitrogen and oxygen atoms in total. The van der Waals surface area contributed by atoms with Crippen LogP contribution >= 0.6 is 0 Å². The van der Waals surface area contributed by atoms with Crippen molar-refractivity contribution in [1.29, 1.82) is 0 Å². The molecule has 1 aromatic carbocycles. The molecule has 4 atom stereocenters. The number of fused-ring (bicyclic) bond motifs is 1. The number of hydrogen-bond donors (Lipinski definition) is 4. The second-order valence-corrected chi connectivity index (χ2v) is 8.43. The number of nitrogens with zero attached hydrogens (tertiary/aromatic N) is 1. The third-order valence-electron chi connectivity index (χ3n) is 5.78. The fraction of sp³-hybridized carbons (Fsp3) is 0.417. The molecule has 2 heterocycles. The van der Waals surface area contributed by atoms with E-state index in [1.165, 1.54) is 0 Å². The predicted octanol–water partition coefficient (Wildman–Crippen LogP) is 1.53. The minimum Gasteiger partial charge on any atom is -0.364 e. The number of hydrogen-bond acceptors (Lipinski definition) is 6. The molecular weight excluding hydrogens is 406 g/mol. The molecule has 8 heteroatoms. The molecule has 1 aliphatic heterocycles. The van der Waals surface area contributed by atoms with Gasteiger partial charge in [0, 0.05) is 11.8 Å². The quantitative estimate of drug-likeness (QED) is 0.473. The summed E-state index contributed by atoms with van der Waals surface area (Å²) >= 11 is 0. The van der Waals surface area contributed by atoms with Crippen LogP contribution < -0.4 is 21.3 Å². The molecule has 170 valence electrons. The Morgan fingerprint density at radius 1 is 1.03 bits per heavy atom. The summed E-state index contributed by atoms with van der Waals surface area (Å²) in [4.78, 5) is 43.5. The number of ketones is 1. The molecule has 1 aromatic heterocycles. The van der Waals surface area contributed by atoms with Crippen LogP contribution in [0.15, 0.2) is 48.7 Å². The zero-order chi connectivity index (χ0) is 23.3. The molecule has 0 saturated heterocycles. The number of rotatable bonds is 9. The second-order valence-electron chi connectivity index (χ2n) is 8.43. The van der Waals surface area contributed by atoms with E-state index >= 15 is 0 Å². The second kappa shape index (κ2) is 10.4. The highest BCUT2D eigenvalue weighted by Gasteiger charge is 2.39. The summed E-state index contributed by atoms with van der Waals surface area (Å²) in [5.41, 5.74) is 1.45. The number of nitrogens with one attached hydrogen (secondary N) is 4. The van der Waals surface area contributed by atoms with E-state index in [1.54, 1.807) is 44.4 Å². The Morgan fingerprint density at radius 2 is 1.75 bits per heavy atom. The first-order chi connectivity index (χ1) is 15.3. The molecule has 2 aromatic rings. The average molecular weight is 438 g/mol. The van der Waals surface area contributed by atoms with Gasteiger partial charge in [0.1, 0.15) is 11.9 Å². The molecule has 32 heavy (non-hydrogen) atoms. The standard InChI is InChI=1S/C24H31N5O3/c1-14(2)19(28-23(31)15(3)25-4)21(30)20(29-24(32)16-9-6-5-7-10-16)18-13-17-11-8-12-26-22(17)27-18/h5-12,14-15,18-20,25H,13H2,1-4H3,(H,26,27)(H,28,31)(H,29,32)/t15?,18?,19?,20-/m0/s1. The Kier molecular flexibility index (Phi) is 7.58. The summed E-state index contributed by atoms with van der Waals surface area (Å²) in [5, 5.41) is 11.9. The minimum atomic E-state index is -0.852. The molecule has 0 aliphatic carbocycles. The van der Waals surface area contributed by atoms with Crippen LogP contribution in [0.4, 0.5) is 5.82 Å². The molecule has 3 unspecified atom stereocenters. The monoisotopic (exact) mass is 437 g/mol. The minimum absolute atomic E-state index is 0.159. The van der Waals surface area contributed by atoms with Gasteiger partial charge in [-0.05, 0) is 50.1 Å². The molecule has 1 aliphatic rings. The van der Waals surface area contributed by atoms with E-state index in [0.717, 1.165) is 5.56 Å². The number of amides is 2. The Morgan fingerprint density at radius 3 is 2.38 bits per heavy atom. The largest absolute Gasteiger partial charge is 0.364 e. The van der Waals surface area contributed by atoms with Crippen molar-refractivity contribution in [2.24, 2.45) is 5.92 Å². The van der Waals surface area contributed by atoms with Crippen LogP contribution in [-0.2, 0) is 16.0 Å². The summed E-state index contributed by atoms with van der Waals surface area (Å²) in [7, 11) is 1.69. The third kappa shape index (κ3) is 5.31. The first kappa shape index (κ1) is 23.4. The van der Waals surface area contributed by atoms with Gasteiger partial charge in [-0.25, -0.2) is 4.98 Å². The van der Waals surface area contributed by atoms with Crippen LogP contribution in [0.25, 0.3) is 0 Å². The van der Waals surface area contributed by atoms with Gasteiger partial charge in [0.15, 0.2) is 5.78 Å². The van der Waals surface area contributed by atoms with E-state index in [-0.39, 0.29) is 29.6 Å². The van der Waals surface area contributed by atoms with Gasteiger partial charge in [-0.2, -0.15) is 0 Å². The maximum Gasteiger partial charge on any atom is 0.251 e. The van der Waals surface area contributed by atoms with E-state index in [1.807, 2.05) is 32.0 Å². The van der Waals surface area contributed by atoms with Crippen molar-refractivity contribution in [2.75, 3.05) is 12.4 Å². The van der Waals surface area contributed by atoms with Gasteiger partial charge >= 0.3 is 0 Å². The molecule has 0 fully saturated rings. The number of aromatic nitrogens is 1. The molecule has 2 amide bonds. The van der Waals surface area contributed by atoms with Gasteiger partial charge in [-0.15, -0.1) is 0 Å². The number of Topliss-reactive ketones (excluding diaryl/α,β-unsaturated/α-hetero) is 1. The normalized spacial score (nSPS) is 17.6. The van der Waals surface area contributed by atoms with E-state index in [2.05, 4.69) is 26.3 Å². The highest BCUT2D eigenvalue weighted by atomic mass is 16.2. The molecular formula is C24H31N5O3. The molecule has 0 saturated carbocycles. The first-order valence-corrected chi connectivity index (χ1v) is 10.9. The van der Waals surface area contributed by atoms with Crippen LogP contribution in [-0.4, -0.2) is 53.8 Å². The van der Waals surface area contributed by atoms with E-state index in [9.17, 15) is 14.4 Å². The van der Waals surface area contributed by atoms with Gasteiger partial charge in [-0.1, -0.05) is 38.1 Å². The zero-order valence-corrected chi connectivity index (χ0v) is 18.9. The molecule has 4 N–H and O–H groups in total. The van der Waals surface area contributed by atoms with Crippen LogP contribution in [0.5, 0.6) is 0 Å². The lowest BCUT2D eigenvalue weighted by molar-refractivity contribution is -0.130. The Bertz CT molecular complexity index is 938. The smallest absolute Gasteiger partial charge is 0.251 e. The van der Waals surface area contributed by atoms with Crippen LogP contribution in [0.3, 0.4) is 0 Å². The van der Waals surface area contributed by atoms with Crippen LogP contribution in [0.2, 0.25) is 0 Å². The van der Waals surface area contributed by atoms with E-state index in [0.29, 0.717) is 17.8 Å². The lowest BCUT2D eigenvalue weighted by Crippen LogP contribution is -2.60. The van der Waals surface area contributed by atoms with Crippen molar-refractivity contribution in [2.45, 2.75) is 51.4 Å². The van der Waals surface area contributed by atoms with Crippen molar-refractivity contribution < 1.29 is 14.4 Å². The van der Waals surface area contributed by atoms with Crippen molar-refractivity contribution in [3.63, 3.8) is 0 Å². The fourth-order valence-electron chi connectivity index (χ4n) is 3.75. The Balaban J connectivity index is 1.87. The average Bonchev–Trinajstić information content (AvgIpc) is 3.23. The van der Waals surface area contributed by atoms with Gasteiger partial charge in [0.25, 0.3) is 5.91 Å². The van der Waals surface area contributed by atoms with Crippen LogP contribution in [0, 0.1) is 5.92 Å². The van der Waals surface area contributed by atoms with Crippen molar-refractivity contribution in [3.05, 3.63) is 59.8 Å². The maximum absolute atomic E-state index is 13.7. The van der Waals surface area contributed by atoms with Crippen molar-refractivity contribution in [1.82, 2.24) is 20.9 Å². The number of carbonyl (C=O) groups is 3. The van der Waals surface area contributed by atoms with E-state index in [4.69, 9.17) is 0 Å². The topological polar surface area (TPSA) is 112 Å². The van der Waals surface area contributed by atoms with Gasteiger partial charge in [-0.3, -0.25) is 14.4 Å². The fourth-order valence-corrected chi connectivity index (χ4v) is 3.75. The molecule has 0 spiro atoms. The summed E-state index contributed by atoms with van der Waals surface area (Å²) < 4.78 is 0. The van der Waals surface area contributed by atoms with Crippen LogP contribution in [0.1, 0.15) is 36.7 Å². The van der Waals surface area contributed by atoms with E-state index < -0.39 is 18.1 Å². The number of pyridine rings is 1. The lowest BCUT2D eigenvalue weighted by atomic mass is 9.89. The molecule has 0 radical (unpaired) electrons. The summed E-state index contributed by atoms with van der Waals surface area (Å²) in [6, 6.07) is 10.1. The Hall–Kier alpha value is -3.26. The lowest BCUT2D eigenvalue weighted by Gasteiger charge is -2.30. The highest BCUT2D eigenvalue weighted by Crippen LogP contribution is 2.26. The maximum atomic E-state index is 13.7. The van der Waals surface area contributed by atoms with Gasteiger partial charge in [0.05, 0.1) is 18.1 Å². The number of likely N-dealkylation sites (N-methyl/N-ethyl adjacent to an activating group) is 1. The Labute approximate surface area is 188 Å². The number of benzene rings is 1. The van der Waals surface area contributed by atoms with Gasteiger partial charge in [0.2, 0.25) is 5.91 Å². The third-order valence-corrected chi connectivity index (χ3v) is 5.78. The predicted molar refractivity (Wildman–Crippen MR) is 123 cm³/mol. The van der Waals surface area contributed by atoms with Gasteiger partial charge < -0.3 is 21.3 Å². The SMILES string of the molecule is CNC(C)C(=O)NC(C(=O)[C@@H](NC(=O)c1ccccc1)C1Cc2cccnc2N1)C(C)C. The van der Waals surface area contributed by atoms with Crippen molar-refractivity contribution in [3.8, 4) is 0 Å².